The summed E-state index contributed by atoms with van der Waals surface area (Å²) in [6, 6.07) is 9.49. The first-order valence-electron chi connectivity index (χ1n) is 7.01. The minimum atomic E-state index is -2.60. The number of alkyl halides is 2. The molecule has 0 atom stereocenters. The lowest BCUT2D eigenvalue weighted by molar-refractivity contribution is -0.0102. The van der Waals surface area contributed by atoms with E-state index in [1.807, 2.05) is 23.1 Å². The van der Waals surface area contributed by atoms with Gasteiger partial charge in [-0.15, -0.1) is 0 Å². The Hall–Kier alpha value is -2.22. The zero-order valence-electron chi connectivity index (χ0n) is 11.5. The van der Waals surface area contributed by atoms with Crippen LogP contribution in [0.1, 0.15) is 24.8 Å². The highest BCUT2D eigenvalue weighted by molar-refractivity contribution is 5.85. The number of anilines is 1. The first-order valence-corrected chi connectivity index (χ1v) is 7.01. The summed E-state index contributed by atoms with van der Waals surface area (Å²) in [5.74, 6) is -2.60. The number of fused-ring (bicyclic) bond motifs is 1. The highest BCUT2D eigenvalue weighted by Gasteiger charge is 2.32. The van der Waals surface area contributed by atoms with Crippen LogP contribution in [0.5, 0.6) is 0 Å². The third kappa shape index (κ3) is 2.80. The average Bonchev–Trinajstić information content (AvgIpc) is 2.66. The molecule has 3 rings (SSSR count). The van der Waals surface area contributed by atoms with Crippen molar-refractivity contribution in [2.45, 2.75) is 25.2 Å². The molecule has 1 fully saturated rings. The smallest absolute Gasteiger partial charge is 0.249 e. The number of hydrogen-bond acceptors (Lipinski definition) is 3. The molecule has 21 heavy (non-hydrogen) atoms. The number of aromatic nitrogens is 1. The number of halogens is 2. The third-order valence-corrected chi connectivity index (χ3v) is 3.90. The fraction of sp³-hybridized carbons (Fsp3) is 0.375. The van der Waals surface area contributed by atoms with Crippen molar-refractivity contribution < 1.29 is 8.78 Å². The molecule has 1 aromatic carbocycles. The van der Waals surface area contributed by atoms with E-state index in [0.29, 0.717) is 24.2 Å². The van der Waals surface area contributed by atoms with E-state index in [1.54, 1.807) is 12.3 Å². The van der Waals surface area contributed by atoms with Crippen molar-refractivity contribution in [3.63, 3.8) is 0 Å². The highest BCUT2D eigenvalue weighted by Crippen LogP contribution is 2.32. The molecule has 1 saturated heterocycles. The number of pyridine rings is 1. The van der Waals surface area contributed by atoms with Crippen molar-refractivity contribution in [2.75, 3.05) is 18.0 Å². The van der Waals surface area contributed by atoms with Gasteiger partial charge in [0.2, 0.25) is 5.92 Å². The summed E-state index contributed by atoms with van der Waals surface area (Å²) in [6.45, 7) is 0.808. The predicted molar refractivity (Wildman–Crippen MR) is 77.5 cm³/mol. The fourth-order valence-corrected chi connectivity index (χ4v) is 2.77. The first kappa shape index (κ1) is 13.7. The zero-order valence-corrected chi connectivity index (χ0v) is 11.5. The molecule has 3 nitrogen and oxygen atoms in total. The van der Waals surface area contributed by atoms with Crippen LogP contribution in [0.2, 0.25) is 0 Å². The number of rotatable bonds is 1. The Morgan fingerprint density at radius 1 is 1.24 bits per heavy atom. The Morgan fingerprint density at radius 3 is 2.90 bits per heavy atom. The van der Waals surface area contributed by atoms with Crippen LogP contribution < -0.4 is 4.90 Å². The lowest BCUT2D eigenvalue weighted by Gasteiger charge is -2.24. The summed E-state index contributed by atoms with van der Waals surface area (Å²) in [4.78, 5) is 6.16. The molecule has 5 heteroatoms. The van der Waals surface area contributed by atoms with Crippen molar-refractivity contribution >= 4 is 16.6 Å². The second kappa shape index (κ2) is 5.28. The molecular formula is C16H15F2N3. The number of nitrogens with zero attached hydrogens (tertiary/aromatic N) is 3. The van der Waals surface area contributed by atoms with E-state index in [1.165, 1.54) is 0 Å². The van der Waals surface area contributed by atoms with Crippen LogP contribution in [0, 0.1) is 11.3 Å². The van der Waals surface area contributed by atoms with Gasteiger partial charge in [0, 0.05) is 37.5 Å². The molecule has 108 valence electrons. The highest BCUT2D eigenvalue weighted by atomic mass is 19.3. The zero-order chi connectivity index (χ0) is 14.9. The Balaban J connectivity index is 2.01. The Kier molecular flexibility index (Phi) is 3.46. The molecule has 0 aliphatic carbocycles. The molecule has 0 saturated carbocycles. The largest absolute Gasteiger partial charge is 0.370 e. The molecule has 0 N–H and O–H groups in total. The van der Waals surface area contributed by atoms with Crippen molar-refractivity contribution in [3.8, 4) is 6.07 Å². The summed E-state index contributed by atoms with van der Waals surface area (Å²) in [5, 5.41) is 10.2. The van der Waals surface area contributed by atoms with Gasteiger partial charge in [-0.1, -0.05) is 6.07 Å². The molecule has 1 aliphatic rings. The molecule has 2 heterocycles. The van der Waals surface area contributed by atoms with E-state index < -0.39 is 5.92 Å². The van der Waals surface area contributed by atoms with Crippen LogP contribution in [0.3, 0.4) is 0 Å². The maximum atomic E-state index is 13.5. The van der Waals surface area contributed by atoms with Gasteiger partial charge < -0.3 is 4.90 Å². The summed E-state index contributed by atoms with van der Waals surface area (Å²) < 4.78 is 27.0. The minimum absolute atomic E-state index is 0.0861. The van der Waals surface area contributed by atoms with Crippen LogP contribution >= 0.6 is 0 Å². The van der Waals surface area contributed by atoms with E-state index in [4.69, 9.17) is 0 Å². The van der Waals surface area contributed by atoms with E-state index in [2.05, 4.69) is 11.1 Å². The Bertz CT molecular complexity index is 706. The van der Waals surface area contributed by atoms with Crippen molar-refractivity contribution in [2.24, 2.45) is 0 Å². The van der Waals surface area contributed by atoms with E-state index in [-0.39, 0.29) is 19.4 Å². The van der Waals surface area contributed by atoms with Crippen molar-refractivity contribution in [1.82, 2.24) is 4.98 Å². The fourth-order valence-electron chi connectivity index (χ4n) is 2.77. The van der Waals surface area contributed by atoms with Gasteiger partial charge in [0.05, 0.1) is 16.8 Å². The van der Waals surface area contributed by atoms with Gasteiger partial charge in [0.1, 0.15) is 6.07 Å². The summed E-state index contributed by atoms with van der Waals surface area (Å²) >= 11 is 0. The van der Waals surface area contributed by atoms with Crippen LogP contribution in [-0.4, -0.2) is 24.0 Å². The molecule has 2 aromatic rings. The quantitative estimate of drug-likeness (QED) is 0.802. The van der Waals surface area contributed by atoms with Crippen LogP contribution in [-0.2, 0) is 0 Å². The molecule has 0 radical (unpaired) electrons. The third-order valence-electron chi connectivity index (χ3n) is 3.90. The lowest BCUT2D eigenvalue weighted by atomic mass is 10.1. The number of benzene rings is 1. The Morgan fingerprint density at radius 2 is 2.10 bits per heavy atom. The van der Waals surface area contributed by atoms with Crippen molar-refractivity contribution in [1.29, 1.82) is 5.26 Å². The molecule has 0 amide bonds. The standard InChI is InChI=1S/C16H15F2N3/c17-16(18)4-2-7-21(8-5-16)15-10-14-12(3-1-6-20-14)9-13(15)11-19/h1,3,6,9-10H,2,4-5,7-8H2. The normalized spacial score (nSPS) is 18.2. The second-order valence-electron chi connectivity index (χ2n) is 5.37. The topological polar surface area (TPSA) is 39.9 Å². The minimum Gasteiger partial charge on any atom is -0.370 e. The molecule has 0 bridgehead atoms. The maximum absolute atomic E-state index is 13.5. The second-order valence-corrected chi connectivity index (χ2v) is 5.37. The number of nitriles is 1. The summed E-state index contributed by atoms with van der Waals surface area (Å²) in [6.07, 6.45) is 1.86. The molecule has 1 aliphatic heterocycles. The predicted octanol–water partition coefficient (Wildman–Crippen LogP) is 3.73. The lowest BCUT2D eigenvalue weighted by Crippen LogP contribution is -2.26. The maximum Gasteiger partial charge on any atom is 0.249 e. The summed E-state index contributed by atoms with van der Waals surface area (Å²) in [7, 11) is 0. The van der Waals surface area contributed by atoms with Gasteiger partial charge in [-0.3, -0.25) is 4.98 Å². The summed E-state index contributed by atoms with van der Waals surface area (Å²) in [5.41, 5.74) is 2.00. The van der Waals surface area contributed by atoms with Gasteiger partial charge >= 0.3 is 0 Å². The first-order chi connectivity index (χ1) is 10.1. The van der Waals surface area contributed by atoms with Gasteiger partial charge in [0.15, 0.2) is 0 Å². The molecule has 0 spiro atoms. The molecule has 0 unspecified atom stereocenters. The van der Waals surface area contributed by atoms with Crippen LogP contribution in [0.15, 0.2) is 30.5 Å². The molecular weight excluding hydrogens is 272 g/mol. The van der Waals surface area contributed by atoms with Crippen LogP contribution in [0.25, 0.3) is 10.9 Å². The Labute approximate surface area is 121 Å². The van der Waals surface area contributed by atoms with Crippen LogP contribution in [0.4, 0.5) is 14.5 Å². The monoisotopic (exact) mass is 287 g/mol. The van der Waals surface area contributed by atoms with Gasteiger partial charge in [-0.2, -0.15) is 5.26 Å². The van der Waals surface area contributed by atoms with E-state index in [9.17, 15) is 14.0 Å². The average molecular weight is 287 g/mol. The van der Waals surface area contributed by atoms with Gasteiger partial charge in [-0.25, -0.2) is 8.78 Å². The molecule has 1 aromatic heterocycles. The number of hydrogen-bond donors (Lipinski definition) is 0. The van der Waals surface area contributed by atoms with E-state index >= 15 is 0 Å². The van der Waals surface area contributed by atoms with E-state index in [0.717, 1.165) is 10.9 Å². The van der Waals surface area contributed by atoms with Gasteiger partial charge in [0.25, 0.3) is 0 Å². The van der Waals surface area contributed by atoms with Crippen molar-refractivity contribution in [3.05, 3.63) is 36.0 Å². The SMILES string of the molecule is N#Cc1cc2cccnc2cc1N1CCCC(F)(F)CC1. The van der Waals surface area contributed by atoms with Gasteiger partial charge in [-0.05, 0) is 24.6 Å².